The van der Waals surface area contributed by atoms with Gasteiger partial charge in [-0.25, -0.2) is 4.79 Å². The monoisotopic (exact) mass is 548 g/mol. The molecule has 0 unspecified atom stereocenters. The van der Waals surface area contributed by atoms with Gasteiger partial charge in [0.15, 0.2) is 12.2 Å². The van der Waals surface area contributed by atoms with Crippen molar-refractivity contribution in [3.63, 3.8) is 0 Å². The molecule has 4 rings (SSSR count). The molecule has 0 bridgehead atoms. The lowest BCUT2D eigenvalue weighted by Crippen LogP contribution is -2.52. The number of aliphatic carboxylic acids is 1. The molecule has 2 aromatic carbocycles. The van der Waals surface area contributed by atoms with Gasteiger partial charge < -0.3 is 35.3 Å². The van der Waals surface area contributed by atoms with Gasteiger partial charge in [0.25, 0.3) is 17.7 Å². The minimum atomic E-state index is -1.33. The number of benzene rings is 2. The average molecular weight is 549 g/mol. The zero-order valence-electron chi connectivity index (χ0n) is 21.5. The van der Waals surface area contributed by atoms with Gasteiger partial charge in [0.2, 0.25) is 0 Å². The fourth-order valence-electron chi connectivity index (χ4n) is 4.04. The van der Waals surface area contributed by atoms with Crippen molar-refractivity contribution in [3.8, 4) is 5.75 Å². The lowest BCUT2D eigenvalue weighted by molar-refractivity contribution is -0.144. The van der Waals surface area contributed by atoms with Crippen LogP contribution in [0.4, 0.5) is 5.69 Å². The Morgan fingerprint density at radius 3 is 2.33 bits per heavy atom. The van der Waals surface area contributed by atoms with Gasteiger partial charge in [-0.05, 0) is 35.9 Å². The van der Waals surface area contributed by atoms with E-state index < -0.39 is 36.0 Å². The summed E-state index contributed by atoms with van der Waals surface area (Å²) in [5, 5.41) is 17.6. The fraction of sp³-hybridized carbons (Fsp3) is 0.250. The van der Waals surface area contributed by atoms with Crippen LogP contribution in [0.15, 0.2) is 73.1 Å². The molecule has 0 saturated carbocycles. The second kappa shape index (κ2) is 13.3. The van der Waals surface area contributed by atoms with E-state index in [0.717, 1.165) is 5.56 Å². The summed E-state index contributed by atoms with van der Waals surface area (Å²) in [6, 6.07) is 15.6. The molecule has 3 atom stereocenters. The van der Waals surface area contributed by atoms with Crippen LogP contribution in [0.25, 0.3) is 0 Å². The first-order valence-electron chi connectivity index (χ1n) is 12.3. The van der Waals surface area contributed by atoms with E-state index in [4.69, 9.17) is 14.2 Å². The van der Waals surface area contributed by atoms with Crippen LogP contribution >= 0.6 is 0 Å². The topological polar surface area (TPSA) is 165 Å². The van der Waals surface area contributed by atoms with E-state index in [0.29, 0.717) is 22.6 Å². The van der Waals surface area contributed by atoms with Gasteiger partial charge in [0, 0.05) is 42.2 Å². The van der Waals surface area contributed by atoms with Crippen molar-refractivity contribution in [2.24, 2.45) is 0 Å². The van der Waals surface area contributed by atoms with Gasteiger partial charge in [-0.3, -0.25) is 19.4 Å². The van der Waals surface area contributed by atoms with E-state index in [2.05, 4.69) is 20.9 Å². The first-order valence-corrected chi connectivity index (χ1v) is 12.3. The van der Waals surface area contributed by atoms with Crippen molar-refractivity contribution in [2.45, 2.75) is 31.2 Å². The Balaban J connectivity index is 1.33. The van der Waals surface area contributed by atoms with E-state index >= 15 is 0 Å². The number of ether oxygens (including phenoxy) is 3. The van der Waals surface area contributed by atoms with E-state index in [1.165, 1.54) is 19.5 Å². The standard InChI is InChI=1S/C28H28N4O8/c1-38-22-5-3-2-4-19(22)15-30-26(34)23-24(40-16-39-23)27(35)32-21(28(36)37)14-17-6-8-20(9-7-17)31-25(33)18-10-12-29-13-11-18/h2-13,21,23-24H,14-16H2,1H3,(H,30,34)(H,31,33)(H,32,35)(H,36,37)/t21-,23+,24+/m0/s1. The molecular formula is C28H28N4O8. The van der Waals surface area contributed by atoms with Crippen molar-refractivity contribution < 1.29 is 38.5 Å². The maximum absolute atomic E-state index is 12.9. The molecule has 1 aromatic heterocycles. The number of aromatic nitrogens is 1. The molecule has 40 heavy (non-hydrogen) atoms. The zero-order chi connectivity index (χ0) is 28.5. The fourth-order valence-corrected chi connectivity index (χ4v) is 4.04. The van der Waals surface area contributed by atoms with Crippen molar-refractivity contribution in [3.05, 3.63) is 89.7 Å². The molecule has 1 fully saturated rings. The normalized spacial score (nSPS) is 16.9. The SMILES string of the molecule is COc1ccccc1CNC(=O)[C@@H]1OCO[C@H]1C(=O)N[C@@H](Cc1ccc(NC(=O)c2ccncc2)cc1)C(=O)O. The van der Waals surface area contributed by atoms with Crippen LogP contribution in [0.2, 0.25) is 0 Å². The van der Waals surface area contributed by atoms with Gasteiger partial charge in [-0.15, -0.1) is 0 Å². The molecule has 1 saturated heterocycles. The number of carbonyl (C=O) groups excluding carboxylic acids is 3. The second-order valence-electron chi connectivity index (χ2n) is 8.81. The Kier molecular flexibility index (Phi) is 9.39. The molecule has 0 spiro atoms. The number of hydrogen-bond acceptors (Lipinski definition) is 8. The molecule has 1 aliphatic rings. The highest BCUT2D eigenvalue weighted by Gasteiger charge is 2.41. The minimum absolute atomic E-state index is 0.0438. The molecule has 0 radical (unpaired) electrons. The van der Waals surface area contributed by atoms with Crippen LogP contribution in [-0.2, 0) is 36.8 Å². The lowest BCUT2D eigenvalue weighted by Gasteiger charge is -2.20. The van der Waals surface area contributed by atoms with E-state index in [9.17, 15) is 24.3 Å². The van der Waals surface area contributed by atoms with Gasteiger partial charge in [-0.1, -0.05) is 30.3 Å². The third kappa shape index (κ3) is 7.18. The number of rotatable bonds is 11. The largest absolute Gasteiger partial charge is 0.496 e. The summed E-state index contributed by atoms with van der Waals surface area (Å²) >= 11 is 0. The number of para-hydroxylation sites is 1. The van der Waals surface area contributed by atoms with Gasteiger partial charge in [0.1, 0.15) is 18.6 Å². The quantitative estimate of drug-likeness (QED) is 0.278. The van der Waals surface area contributed by atoms with Crippen LogP contribution in [-0.4, -0.2) is 65.9 Å². The van der Waals surface area contributed by atoms with Crippen LogP contribution in [0.1, 0.15) is 21.5 Å². The van der Waals surface area contributed by atoms with Crippen molar-refractivity contribution >= 4 is 29.4 Å². The predicted octanol–water partition coefficient (Wildman–Crippen LogP) is 1.51. The maximum Gasteiger partial charge on any atom is 0.326 e. The first kappa shape index (κ1) is 28.2. The lowest BCUT2D eigenvalue weighted by atomic mass is 10.0. The van der Waals surface area contributed by atoms with Crippen molar-refractivity contribution in [2.75, 3.05) is 19.2 Å². The van der Waals surface area contributed by atoms with Gasteiger partial charge in [0.05, 0.1) is 7.11 Å². The van der Waals surface area contributed by atoms with Gasteiger partial charge in [-0.2, -0.15) is 0 Å². The number of methoxy groups -OCH3 is 1. The van der Waals surface area contributed by atoms with E-state index in [1.807, 2.05) is 0 Å². The summed E-state index contributed by atoms with van der Waals surface area (Å²) in [5.41, 5.74) is 2.29. The van der Waals surface area contributed by atoms with Crippen LogP contribution in [0, 0.1) is 0 Å². The minimum Gasteiger partial charge on any atom is -0.496 e. The summed E-state index contributed by atoms with van der Waals surface area (Å²) in [5.74, 6) is -2.36. The molecule has 2 heterocycles. The summed E-state index contributed by atoms with van der Waals surface area (Å²) in [6.07, 6.45) is 0.394. The van der Waals surface area contributed by atoms with Crippen LogP contribution in [0.5, 0.6) is 5.75 Å². The number of carboxylic acid groups (broad SMARTS) is 1. The number of hydrogen-bond donors (Lipinski definition) is 4. The Hall–Kier alpha value is -4.81. The number of amides is 3. The molecule has 12 nitrogen and oxygen atoms in total. The molecule has 3 amide bonds. The third-order valence-corrected chi connectivity index (χ3v) is 6.14. The smallest absolute Gasteiger partial charge is 0.326 e. The predicted molar refractivity (Wildman–Crippen MR) is 141 cm³/mol. The van der Waals surface area contributed by atoms with Crippen molar-refractivity contribution in [1.29, 1.82) is 0 Å². The highest BCUT2D eigenvalue weighted by atomic mass is 16.7. The van der Waals surface area contributed by atoms with Gasteiger partial charge >= 0.3 is 5.97 Å². The van der Waals surface area contributed by atoms with Crippen LogP contribution < -0.4 is 20.7 Å². The molecular weight excluding hydrogens is 520 g/mol. The van der Waals surface area contributed by atoms with E-state index in [-0.39, 0.29) is 25.7 Å². The summed E-state index contributed by atoms with van der Waals surface area (Å²) < 4.78 is 15.9. The molecule has 12 heteroatoms. The number of anilines is 1. The number of nitrogens with one attached hydrogen (secondary N) is 3. The van der Waals surface area contributed by atoms with Crippen LogP contribution in [0.3, 0.4) is 0 Å². The van der Waals surface area contributed by atoms with Crippen molar-refractivity contribution in [1.82, 2.24) is 15.6 Å². The molecule has 3 aromatic rings. The Morgan fingerprint density at radius 2 is 1.65 bits per heavy atom. The molecule has 0 aliphatic carbocycles. The average Bonchev–Trinajstić information content (AvgIpc) is 3.47. The number of nitrogens with zero attached hydrogens (tertiary/aromatic N) is 1. The molecule has 1 aliphatic heterocycles. The summed E-state index contributed by atoms with van der Waals surface area (Å²) in [4.78, 5) is 53.8. The maximum atomic E-state index is 12.9. The Morgan fingerprint density at radius 1 is 0.975 bits per heavy atom. The number of carboxylic acids is 1. The Labute approximate surface area is 229 Å². The zero-order valence-corrected chi connectivity index (χ0v) is 21.5. The van der Waals surface area contributed by atoms with E-state index in [1.54, 1.807) is 60.7 Å². The number of carbonyl (C=O) groups is 4. The number of pyridine rings is 1. The highest BCUT2D eigenvalue weighted by molar-refractivity contribution is 6.04. The molecule has 208 valence electrons. The Bertz CT molecular complexity index is 1350. The second-order valence-corrected chi connectivity index (χ2v) is 8.81. The molecule has 4 N–H and O–H groups in total. The third-order valence-electron chi connectivity index (χ3n) is 6.14. The summed E-state index contributed by atoms with van der Waals surface area (Å²) in [7, 11) is 1.52. The summed E-state index contributed by atoms with van der Waals surface area (Å²) in [6.45, 7) is -0.164. The highest BCUT2D eigenvalue weighted by Crippen LogP contribution is 2.19. The first-order chi connectivity index (χ1) is 19.4.